The van der Waals surface area contributed by atoms with Gasteiger partial charge in [0, 0.05) is 17.8 Å². The minimum absolute atomic E-state index is 0.150. The molecule has 0 aliphatic heterocycles. The molecule has 0 spiro atoms. The van der Waals surface area contributed by atoms with Crippen LogP contribution >= 0.6 is 0 Å². The standard InChI is InChI=1S/C23H21N3O2/c27-19(15-24-18-11-5-2-6-12-18)16-26-22(17-9-3-1-4-10-17)25-21-14-8-7-13-20(21)23(26)28/h1-14,19,24,27H,15-16H2. The third-order valence-corrected chi connectivity index (χ3v) is 4.60. The zero-order valence-electron chi connectivity index (χ0n) is 15.3. The molecule has 140 valence electrons. The number of aromatic nitrogens is 2. The SMILES string of the molecule is O=c1c2ccccc2nc(-c2ccccc2)n1CC(O)CNc1ccccc1. The number of benzene rings is 3. The first-order chi connectivity index (χ1) is 13.7. The predicted octanol–water partition coefficient (Wildman–Crippen LogP) is 3.54. The topological polar surface area (TPSA) is 67.2 Å². The van der Waals surface area contributed by atoms with Crippen LogP contribution in [-0.4, -0.2) is 27.3 Å². The van der Waals surface area contributed by atoms with Gasteiger partial charge in [0.1, 0.15) is 5.82 Å². The first-order valence-electron chi connectivity index (χ1n) is 9.24. The molecule has 0 saturated heterocycles. The maximum Gasteiger partial charge on any atom is 0.261 e. The highest BCUT2D eigenvalue weighted by atomic mass is 16.3. The molecule has 1 unspecified atom stereocenters. The molecule has 1 atom stereocenters. The van der Waals surface area contributed by atoms with Gasteiger partial charge in [0.05, 0.1) is 23.6 Å². The normalized spacial score (nSPS) is 12.0. The van der Waals surface area contributed by atoms with Gasteiger partial charge in [-0.2, -0.15) is 0 Å². The summed E-state index contributed by atoms with van der Waals surface area (Å²) in [6.07, 6.45) is -0.747. The summed E-state index contributed by atoms with van der Waals surface area (Å²) in [4.78, 5) is 17.8. The molecule has 1 aromatic heterocycles. The summed E-state index contributed by atoms with van der Waals surface area (Å²) in [5, 5.41) is 14.3. The summed E-state index contributed by atoms with van der Waals surface area (Å²) < 4.78 is 1.56. The smallest absolute Gasteiger partial charge is 0.261 e. The van der Waals surface area contributed by atoms with E-state index in [1.165, 1.54) is 0 Å². The van der Waals surface area contributed by atoms with Gasteiger partial charge < -0.3 is 10.4 Å². The number of nitrogens with one attached hydrogen (secondary N) is 1. The van der Waals surface area contributed by atoms with Crippen LogP contribution in [0.1, 0.15) is 0 Å². The van der Waals surface area contributed by atoms with Crippen molar-refractivity contribution >= 4 is 16.6 Å². The van der Waals surface area contributed by atoms with E-state index in [1.54, 1.807) is 10.6 Å². The molecular weight excluding hydrogens is 350 g/mol. The maximum atomic E-state index is 13.1. The van der Waals surface area contributed by atoms with Crippen LogP contribution in [0.2, 0.25) is 0 Å². The van der Waals surface area contributed by atoms with E-state index in [9.17, 15) is 9.90 Å². The Kier molecular flexibility index (Phi) is 5.17. The lowest BCUT2D eigenvalue weighted by Gasteiger charge is -2.18. The Morgan fingerprint density at radius 2 is 1.54 bits per heavy atom. The summed E-state index contributed by atoms with van der Waals surface area (Å²) in [6.45, 7) is 0.484. The fraction of sp³-hybridized carbons (Fsp3) is 0.130. The van der Waals surface area contributed by atoms with Gasteiger partial charge in [0.25, 0.3) is 5.56 Å². The van der Waals surface area contributed by atoms with Crippen molar-refractivity contribution in [2.24, 2.45) is 0 Å². The predicted molar refractivity (Wildman–Crippen MR) is 112 cm³/mol. The van der Waals surface area contributed by atoms with Crippen LogP contribution in [0.25, 0.3) is 22.3 Å². The summed E-state index contributed by atoms with van der Waals surface area (Å²) in [5.74, 6) is 0.558. The largest absolute Gasteiger partial charge is 0.389 e. The van der Waals surface area contributed by atoms with E-state index >= 15 is 0 Å². The van der Waals surface area contributed by atoms with Gasteiger partial charge in [-0.3, -0.25) is 9.36 Å². The fourth-order valence-electron chi connectivity index (χ4n) is 3.21. The first-order valence-corrected chi connectivity index (χ1v) is 9.24. The van der Waals surface area contributed by atoms with Crippen molar-refractivity contribution in [1.29, 1.82) is 0 Å². The third-order valence-electron chi connectivity index (χ3n) is 4.60. The number of para-hydroxylation sites is 2. The number of aliphatic hydroxyl groups is 1. The van der Waals surface area contributed by atoms with Crippen LogP contribution in [0.3, 0.4) is 0 Å². The monoisotopic (exact) mass is 371 g/mol. The summed E-state index contributed by atoms with van der Waals surface area (Å²) in [5.41, 5.74) is 2.27. The fourth-order valence-corrected chi connectivity index (χ4v) is 3.21. The zero-order valence-corrected chi connectivity index (χ0v) is 15.3. The van der Waals surface area contributed by atoms with Crippen molar-refractivity contribution in [2.45, 2.75) is 12.6 Å². The summed E-state index contributed by atoms with van der Waals surface area (Å²) >= 11 is 0. The minimum atomic E-state index is -0.747. The molecule has 4 rings (SSSR count). The second-order valence-corrected chi connectivity index (χ2v) is 6.64. The van der Waals surface area contributed by atoms with E-state index < -0.39 is 6.10 Å². The lowest BCUT2D eigenvalue weighted by molar-refractivity contribution is 0.165. The number of nitrogens with zero attached hydrogens (tertiary/aromatic N) is 2. The van der Waals surface area contributed by atoms with Crippen molar-refractivity contribution < 1.29 is 5.11 Å². The number of hydrogen-bond acceptors (Lipinski definition) is 4. The van der Waals surface area contributed by atoms with Gasteiger partial charge in [-0.15, -0.1) is 0 Å². The highest BCUT2D eigenvalue weighted by molar-refractivity contribution is 5.79. The Labute approximate surface area is 162 Å². The van der Waals surface area contributed by atoms with Crippen molar-refractivity contribution in [2.75, 3.05) is 11.9 Å². The highest BCUT2D eigenvalue weighted by Crippen LogP contribution is 2.19. The minimum Gasteiger partial charge on any atom is -0.389 e. The zero-order chi connectivity index (χ0) is 19.3. The first kappa shape index (κ1) is 17.9. The Hall–Kier alpha value is -3.44. The molecule has 0 aliphatic rings. The Morgan fingerprint density at radius 3 is 2.29 bits per heavy atom. The van der Waals surface area contributed by atoms with Crippen LogP contribution < -0.4 is 10.9 Å². The van der Waals surface area contributed by atoms with Crippen LogP contribution in [0.5, 0.6) is 0 Å². The number of rotatable bonds is 6. The highest BCUT2D eigenvalue weighted by Gasteiger charge is 2.15. The molecule has 2 N–H and O–H groups in total. The average molecular weight is 371 g/mol. The Morgan fingerprint density at radius 1 is 0.893 bits per heavy atom. The van der Waals surface area contributed by atoms with Gasteiger partial charge >= 0.3 is 0 Å². The molecule has 0 bridgehead atoms. The van der Waals surface area contributed by atoms with Gasteiger partial charge in [-0.1, -0.05) is 60.7 Å². The number of aliphatic hydroxyl groups excluding tert-OH is 1. The van der Waals surface area contributed by atoms with Crippen LogP contribution in [-0.2, 0) is 6.54 Å². The summed E-state index contributed by atoms with van der Waals surface area (Å²) in [7, 11) is 0. The lowest BCUT2D eigenvalue weighted by Crippen LogP contribution is -2.32. The Bertz CT molecular complexity index is 1120. The van der Waals surface area contributed by atoms with Gasteiger partial charge in [0.15, 0.2) is 0 Å². The van der Waals surface area contributed by atoms with Gasteiger partial charge in [-0.25, -0.2) is 4.98 Å². The second kappa shape index (κ2) is 8.06. The molecule has 28 heavy (non-hydrogen) atoms. The quantitative estimate of drug-likeness (QED) is 0.544. The van der Waals surface area contributed by atoms with E-state index in [0.717, 1.165) is 11.3 Å². The molecule has 0 saturated carbocycles. The van der Waals surface area contributed by atoms with Crippen molar-refractivity contribution in [1.82, 2.24) is 9.55 Å². The number of hydrogen-bond donors (Lipinski definition) is 2. The molecule has 4 aromatic rings. The average Bonchev–Trinajstić information content (AvgIpc) is 2.75. The summed E-state index contributed by atoms with van der Waals surface area (Å²) in [6, 6.07) is 26.5. The van der Waals surface area contributed by atoms with E-state index in [1.807, 2.05) is 78.9 Å². The molecule has 3 aromatic carbocycles. The van der Waals surface area contributed by atoms with E-state index in [2.05, 4.69) is 5.32 Å². The van der Waals surface area contributed by atoms with Crippen molar-refractivity contribution in [3.8, 4) is 11.4 Å². The molecule has 0 amide bonds. The van der Waals surface area contributed by atoms with E-state index in [0.29, 0.717) is 23.3 Å². The van der Waals surface area contributed by atoms with Gasteiger partial charge in [-0.05, 0) is 24.3 Å². The molecular formula is C23H21N3O2. The van der Waals surface area contributed by atoms with E-state index in [4.69, 9.17) is 4.98 Å². The molecule has 5 nitrogen and oxygen atoms in total. The molecule has 0 aliphatic carbocycles. The number of anilines is 1. The van der Waals surface area contributed by atoms with Crippen LogP contribution in [0.4, 0.5) is 5.69 Å². The Balaban J connectivity index is 1.68. The second-order valence-electron chi connectivity index (χ2n) is 6.64. The third kappa shape index (κ3) is 3.80. The van der Waals surface area contributed by atoms with E-state index in [-0.39, 0.29) is 12.1 Å². The number of fused-ring (bicyclic) bond motifs is 1. The maximum absolute atomic E-state index is 13.1. The van der Waals surface area contributed by atoms with Crippen LogP contribution in [0, 0.1) is 0 Å². The van der Waals surface area contributed by atoms with Gasteiger partial charge in [0.2, 0.25) is 0 Å². The molecule has 0 radical (unpaired) electrons. The molecule has 0 fully saturated rings. The van der Waals surface area contributed by atoms with Crippen molar-refractivity contribution in [3.05, 3.63) is 95.3 Å². The van der Waals surface area contributed by atoms with Crippen molar-refractivity contribution in [3.63, 3.8) is 0 Å². The van der Waals surface area contributed by atoms with Crippen LogP contribution in [0.15, 0.2) is 89.7 Å². The lowest BCUT2D eigenvalue weighted by atomic mass is 10.1. The molecule has 5 heteroatoms. The molecule has 1 heterocycles.